The minimum Gasteiger partial charge on any atom is -0.467 e. The fourth-order valence-corrected chi connectivity index (χ4v) is 2.38. The molecule has 0 saturated carbocycles. The molecule has 0 unspecified atom stereocenters. The van der Waals surface area contributed by atoms with Crippen LogP contribution in [-0.4, -0.2) is 67.7 Å². The predicted molar refractivity (Wildman–Crippen MR) is 106 cm³/mol. The summed E-state index contributed by atoms with van der Waals surface area (Å²) < 4.78 is 15.1. The molecule has 11 heteroatoms. The average molecular weight is 409 g/mol. The number of anilines is 2. The Morgan fingerprint density at radius 1 is 1.18 bits per heavy atom. The van der Waals surface area contributed by atoms with Crippen LogP contribution in [0.1, 0.15) is 15.9 Å². The summed E-state index contributed by atoms with van der Waals surface area (Å²) >= 11 is 0. The first kappa shape index (κ1) is 21.3. The van der Waals surface area contributed by atoms with Gasteiger partial charge in [-0.15, -0.1) is 12.4 Å². The second-order valence-corrected chi connectivity index (χ2v) is 5.53. The normalized spacial score (nSPS) is 13.7. The third kappa shape index (κ3) is 5.51. The lowest BCUT2D eigenvalue weighted by Crippen LogP contribution is -2.37. The van der Waals surface area contributed by atoms with Gasteiger partial charge in [0.15, 0.2) is 0 Å². The molecule has 0 bridgehead atoms. The van der Waals surface area contributed by atoms with E-state index in [4.69, 9.17) is 9.47 Å². The zero-order valence-corrected chi connectivity index (χ0v) is 16.3. The summed E-state index contributed by atoms with van der Waals surface area (Å²) in [5.74, 6) is 0.389. The van der Waals surface area contributed by atoms with Crippen LogP contribution in [0.5, 0.6) is 6.01 Å². The van der Waals surface area contributed by atoms with E-state index in [1.807, 2.05) is 4.90 Å². The Morgan fingerprint density at radius 2 is 1.89 bits per heavy atom. The number of nitrogens with zero attached hydrogens (tertiary/aromatic N) is 5. The lowest BCUT2D eigenvalue weighted by molar-refractivity contribution is 0.0600. The minimum absolute atomic E-state index is 0. The highest BCUT2D eigenvalue weighted by Gasteiger charge is 2.16. The summed E-state index contributed by atoms with van der Waals surface area (Å²) in [6, 6.07) is 7.03. The first-order valence-corrected chi connectivity index (χ1v) is 8.30. The third-order valence-corrected chi connectivity index (χ3v) is 3.79. The number of hydrogen-bond donors (Lipinski definition) is 1. The Bertz CT molecular complexity index is 812. The summed E-state index contributed by atoms with van der Waals surface area (Å²) in [6.45, 7) is 2.64. The predicted octanol–water partition coefficient (Wildman–Crippen LogP) is 1.37. The molecule has 1 aliphatic heterocycles. The Morgan fingerprint density at radius 3 is 2.54 bits per heavy atom. The molecule has 10 nitrogen and oxygen atoms in total. The van der Waals surface area contributed by atoms with E-state index >= 15 is 0 Å². The van der Waals surface area contributed by atoms with Crippen LogP contribution in [0.3, 0.4) is 0 Å². The number of esters is 1. The minimum atomic E-state index is -0.385. The van der Waals surface area contributed by atoms with E-state index in [-0.39, 0.29) is 30.3 Å². The number of methoxy groups -OCH3 is 2. The van der Waals surface area contributed by atoms with E-state index in [2.05, 4.69) is 30.2 Å². The molecule has 1 N–H and O–H groups in total. The Kier molecular flexibility index (Phi) is 7.90. The number of hydrogen-bond acceptors (Lipinski definition) is 10. The van der Waals surface area contributed by atoms with Gasteiger partial charge < -0.3 is 19.1 Å². The number of halogens is 1. The van der Waals surface area contributed by atoms with Crippen molar-refractivity contribution < 1.29 is 19.0 Å². The molecule has 2 heterocycles. The number of carbonyl (C=O) groups excluding carboxylic acids is 1. The van der Waals surface area contributed by atoms with Crippen LogP contribution in [0.2, 0.25) is 0 Å². The van der Waals surface area contributed by atoms with Crippen molar-refractivity contribution in [3.05, 3.63) is 35.4 Å². The number of carbonyl (C=O) groups is 1. The van der Waals surface area contributed by atoms with Gasteiger partial charge in [0.05, 0.1) is 39.2 Å². The van der Waals surface area contributed by atoms with E-state index in [1.165, 1.54) is 14.2 Å². The van der Waals surface area contributed by atoms with Gasteiger partial charge >= 0.3 is 12.0 Å². The lowest BCUT2D eigenvalue weighted by Gasteiger charge is -2.26. The number of morpholine rings is 1. The molecule has 0 amide bonds. The van der Waals surface area contributed by atoms with Crippen molar-refractivity contribution in [2.24, 2.45) is 5.10 Å². The van der Waals surface area contributed by atoms with Crippen LogP contribution < -0.4 is 15.1 Å². The molecule has 0 atom stereocenters. The van der Waals surface area contributed by atoms with Gasteiger partial charge in [0.25, 0.3) is 5.95 Å². The van der Waals surface area contributed by atoms with Crippen LogP contribution in [0, 0.1) is 0 Å². The molecule has 1 aromatic heterocycles. The summed E-state index contributed by atoms with van der Waals surface area (Å²) in [4.78, 5) is 26.2. The molecule has 0 spiro atoms. The zero-order valence-electron chi connectivity index (χ0n) is 15.5. The summed E-state index contributed by atoms with van der Waals surface area (Å²) in [7, 11) is 2.84. The fraction of sp³-hybridized carbons (Fsp3) is 0.353. The summed E-state index contributed by atoms with van der Waals surface area (Å²) in [6.07, 6.45) is 1.59. The maximum Gasteiger partial charge on any atom is 0.337 e. The first-order valence-electron chi connectivity index (χ1n) is 8.30. The van der Waals surface area contributed by atoms with Crippen LogP contribution >= 0.6 is 12.4 Å². The Balaban J connectivity index is 0.00000280. The number of ether oxygens (including phenoxy) is 3. The Labute approximate surface area is 168 Å². The van der Waals surface area contributed by atoms with Gasteiger partial charge in [0.1, 0.15) is 0 Å². The van der Waals surface area contributed by atoms with Crippen molar-refractivity contribution in [1.29, 1.82) is 0 Å². The standard InChI is InChI=1S/C17H20N6O4.ClH/c1-25-14(24)13-5-3-12(4-6-13)11-18-22-15-19-16(21-17(20-15)26-2)23-7-9-27-10-8-23;/h3-6,11H,7-10H2,1-2H3,(H,19,20,21,22);1H. The van der Waals surface area contributed by atoms with E-state index in [0.717, 1.165) is 5.56 Å². The van der Waals surface area contributed by atoms with E-state index in [0.29, 0.717) is 37.8 Å². The van der Waals surface area contributed by atoms with E-state index in [1.54, 1.807) is 30.5 Å². The molecule has 1 aliphatic rings. The number of nitrogens with one attached hydrogen (secondary N) is 1. The molecule has 150 valence electrons. The maximum atomic E-state index is 11.4. The molecule has 1 fully saturated rings. The molecular formula is C17H21ClN6O4. The van der Waals surface area contributed by atoms with Crippen molar-refractivity contribution in [1.82, 2.24) is 15.0 Å². The van der Waals surface area contributed by atoms with Crippen molar-refractivity contribution in [2.75, 3.05) is 50.8 Å². The molecule has 0 radical (unpaired) electrons. The van der Waals surface area contributed by atoms with Gasteiger partial charge in [-0.3, -0.25) is 0 Å². The van der Waals surface area contributed by atoms with Crippen molar-refractivity contribution in [2.45, 2.75) is 0 Å². The highest BCUT2D eigenvalue weighted by molar-refractivity contribution is 5.90. The van der Waals surface area contributed by atoms with Gasteiger partial charge in [-0.2, -0.15) is 20.1 Å². The largest absolute Gasteiger partial charge is 0.467 e. The van der Waals surface area contributed by atoms with Crippen molar-refractivity contribution in [3.8, 4) is 6.01 Å². The summed E-state index contributed by atoms with van der Waals surface area (Å²) in [5.41, 5.74) is 4.04. The van der Waals surface area contributed by atoms with Crippen LogP contribution in [0.4, 0.5) is 11.9 Å². The summed E-state index contributed by atoms with van der Waals surface area (Å²) in [5, 5.41) is 4.13. The van der Waals surface area contributed by atoms with Crippen molar-refractivity contribution in [3.63, 3.8) is 0 Å². The molecule has 1 aromatic carbocycles. The quantitative estimate of drug-likeness (QED) is 0.430. The molecular weight excluding hydrogens is 388 g/mol. The van der Waals surface area contributed by atoms with E-state index in [9.17, 15) is 4.79 Å². The van der Waals surface area contributed by atoms with Crippen molar-refractivity contribution >= 4 is 36.5 Å². The van der Waals surface area contributed by atoms with Gasteiger partial charge in [-0.1, -0.05) is 12.1 Å². The maximum absolute atomic E-state index is 11.4. The Hall–Kier alpha value is -2.98. The van der Waals surface area contributed by atoms with Gasteiger partial charge in [0, 0.05) is 13.1 Å². The lowest BCUT2D eigenvalue weighted by atomic mass is 10.1. The number of hydrazone groups is 1. The highest BCUT2D eigenvalue weighted by Crippen LogP contribution is 2.16. The molecule has 3 rings (SSSR count). The SMILES string of the molecule is COC(=O)c1ccc(C=NNc2nc(OC)nc(N3CCOCC3)n2)cc1.Cl. The highest BCUT2D eigenvalue weighted by atomic mass is 35.5. The zero-order chi connectivity index (χ0) is 19.1. The number of benzene rings is 1. The second kappa shape index (κ2) is 10.4. The van der Waals surface area contributed by atoms with Crippen LogP contribution in [0.15, 0.2) is 29.4 Å². The topological polar surface area (TPSA) is 111 Å². The fourth-order valence-electron chi connectivity index (χ4n) is 2.38. The van der Waals surface area contributed by atoms with Gasteiger partial charge in [0.2, 0.25) is 5.95 Å². The van der Waals surface area contributed by atoms with Crippen LogP contribution in [-0.2, 0) is 9.47 Å². The second-order valence-electron chi connectivity index (χ2n) is 5.53. The number of aromatic nitrogens is 3. The van der Waals surface area contributed by atoms with E-state index < -0.39 is 0 Å². The molecule has 2 aromatic rings. The average Bonchev–Trinajstić information content (AvgIpc) is 2.74. The monoisotopic (exact) mass is 408 g/mol. The molecule has 1 saturated heterocycles. The van der Waals surface area contributed by atoms with Crippen LogP contribution in [0.25, 0.3) is 0 Å². The van der Waals surface area contributed by atoms with Gasteiger partial charge in [-0.05, 0) is 17.7 Å². The smallest absolute Gasteiger partial charge is 0.337 e. The number of rotatable bonds is 6. The first-order chi connectivity index (χ1) is 13.2. The molecule has 0 aliphatic carbocycles. The molecule has 28 heavy (non-hydrogen) atoms. The third-order valence-electron chi connectivity index (χ3n) is 3.79. The van der Waals surface area contributed by atoms with Gasteiger partial charge in [-0.25, -0.2) is 10.2 Å².